The molecule has 2 aromatic rings. The van der Waals surface area contributed by atoms with Crippen molar-refractivity contribution in [3.63, 3.8) is 0 Å². The van der Waals surface area contributed by atoms with Crippen LogP contribution in [-0.4, -0.2) is 43.7 Å². The molecule has 2 N–H and O–H groups in total. The van der Waals surface area contributed by atoms with Crippen molar-refractivity contribution in [2.45, 2.75) is 32.2 Å². The highest BCUT2D eigenvalue weighted by molar-refractivity contribution is 5.80. The van der Waals surface area contributed by atoms with Crippen LogP contribution in [0.2, 0.25) is 0 Å². The number of aryl methyl sites for hydroxylation is 1. The summed E-state index contributed by atoms with van der Waals surface area (Å²) in [6.45, 7) is 5.02. The summed E-state index contributed by atoms with van der Waals surface area (Å²) < 4.78 is 0. The van der Waals surface area contributed by atoms with Gasteiger partial charge in [-0.3, -0.25) is 9.98 Å². The van der Waals surface area contributed by atoms with Crippen LogP contribution in [0.5, 0.6) is 0 Å². The van der Waals surface area contributed by atoms with E-state index >= 15 is 0 Å². The third-order valence-electron chi connectivity index (χ3n) is 4.86. The molecule has 0 spiro atoms. The number of guanidine groups is 1. The Morgan fingerprint density at radius 1 is 1.15 bits per heavy atom. The lowest BCUT2D eigenvalue weighted by molar-refractivity contribution is 0.461. The highest BCUT2D eigenvalue weighted by atomic mass is 15.2. The molecule has 0 aliphatic carbocycles. The standard InChI is InChI=1S/C21H29N5/c1-17-8-9-18(16-24-17)10-13-23-21(22-2)25-19-11-14-26(15-12-19)20-6-4-3-5-7-20/h3-9,16,19H,10-15H2,1-2H3,(H2,22,23,25). The number of piperidine rings is 1. The Hall–Kier alpha value is -2.56. The SMILES string of the molecule is CN=C(NCCc1ccc(C)nc1)NC1CCN(c2ccccc2)CC1. The molecular formula is C21H29N5. The van der Waals surface area contributed by atoms with E-state index in [0.29, 0.717) is 6.04 Å². The van der Waals surface area contributed by atoms with Crippen molar-refractivity contribution in [1.82, 2.24) is 15.6 Å². The zero-order valence-corrected chi connectivity index (χ0v) is 15.8. The van der Waals surface area contributed by atoms with Crippen LogP contribution in [0.15, 0.2) is 53.7 Å². The second-order valence-corrected chi connectivity index (χ2v) is 6.80. The molecule has 3 rings (SSSR count). The fraction of sp³-hybridized carbons (Fsp3) is 0.429. The highest BCUT2D eigenvalue weighted by Crippen LogP contribution is 2.19. The van der Waals surface area contributed by atoms with Gasteiger partial charge in [0.25, 0.3) is 0 Å². The largest absolute Gasteiger partial charge is 0.371 e. The first-order valence-corrected chi connectivity index (χ1v) is 9.43. The first kappa shape index (κ1) is 18.2. The lowest BCUT2D eigenvalue weighted by atomic mass is 10.0. The van der Waals surface area contributed by atoms with Crippen LogP contribution in [0.4, 0.5) is 5.69 Å². The third kappa shape index (κ3) is 5.22. The molecule has 0 bridgehead atoms. The summed E-state index contributed by atoms with van der Waals surface area (Å²) in [6.07, 6.45) is 5.14. The van der Waals surface area contributed by atoms with Gasteiger partial charge in [0, 0.05) is 50.3 Å². The van der Waals surface area contributed by atoms with Crippen LogP contribution < -0.4 is 15.5 Å². The highest BCUT2D eigenvalue weighted by Gasteiger charge is 2.20. The molecule has 0 amide bonds. The smallest absolute Gasteiger partial charge is 0.191 e. The van der Waals surface area contributed by atoms with Gasteiger partial charge in [0.05, 0.1) is 0 Å². The van der Waals surface area contributed by atoms with Crippen molar-refractivity contribution >= 4 is 11.6 Å². The molecule has 1 fully saturated rings. The minimum absolute atomic E-state index is 0.474. The number of hydrogen-bond donors (Lipinski definition) is 2. The Balaban J connectivity index is 1.41. The maximum Gasteiger partial charge on any atom is 0.191 e. The summed E-state index contributed by atoms with van der Waals surface area (Å²) in [5.41, 5.74) is 3.62. The first-order chi connectivity index (χ1) is 12.7. The number of para-hydroxylation sites is 1. The van der Waals surface area contributed by atoms with E-state index in [1.165, 1.54) is 11.3 Å². The summed E-state index contributed by atoms with van der Waals surface area (Å²) in [6, 6.07) is 15.3. The van der Waals surface area contributed by atoms with E-state index < -0.39 is 0 Å². The molecule has 2 heterocycles. The molecule has 1 saturated heterocycles. The molecule has 0 atom stereocenters. The van der Waals surface area contributed by atoms with Gasteiger partial charge in [-0.25, -0.2) is 0 Å². The fourth-order valence-corrected chi connectivity index (χ4v) is 3.28. The second-order valence-electron chi connectivity index (χ2n) is 6.80. The zero-order chi connectivity index (χ0) is 18.2. The number of pyridine rings is 1. The number of rotatable bonds is 5. The molecule has 1 aliphatic heterocycles. The van der Waals surface area contributed by atoms with E-state index in [4.69, 9.17) is 0 Å². The summed E-state index contributed by atoms with van der Waals surface area (Å²) in [5.74, 6) is 0.892. The van der Waals surface area contributed by atoms with Crippen LogP contribution in [0, 0.1) is 6.92 Å². The van der Waals surface area contributed by atoms with Crippen molar-refractivity contribution in [2.24, 2.45) is 4.99 Å². The van der Waals surface area contributed by atoms with Crippen molar-refractivity contribution < 1.29 is 0 Å². The quantitative estimate of drug-likeness (QED) is 0.642. The van der Waals surface area contributed by atoms with Gasteiger partial charge in [0.15, 0.2) is 5.96 Å². The molecule has 138 valence electrons. The van der Waals surface area contributed by atoms with E-state index in [1.54, 1.807) is 0 Å². The van der Waals surface area contributed by atoms with Crippen LogP contribution in [-0.2, 0) is 6.42 Å². The molecule has 1 aromatic heterocycles. The van der Waals surface area contributed by atoms with E-state index in [1.807, 2.05) is 20.2 Å². The Morgan fingerprint density at radius 3 is 2.58 bits per heavy atom. The van der Waals surface area contributed by atoms with Crippen molar-refractivity contribution in [3.8, 4) is 0 Å². The van der Waals surface area contributed by atoms with Crippen LogP contribution in [0.25, 0.3) is 0 Å². The van der Waals surface area contributed by atoms with Gasteiger partial charge in [-0.05, 0) is 49.9 Å². The van der Waals surface area contributed by atoms with Gasteiger partial charge >= 0.3 is 0 Å². The van der Waals surface area contributed by atoms with E-state index in [9.17, 15) is 0 Å². The average Bonchev–Trinajstić information content (AvgIpc) is 2.70. The van der Waals surface area contributed by atoms with Crippen molar-refractivity contribution in [3.05, 3.63) is 59.9 Å². The Bertz CT molecular complexity index is 688. The minimum Gasteiger partial charge on any atom is -0.371 e. The van der Waals surface area contributed by atoms with Gasteiger partial charge in [0.2, 0.25) is 0 Å². The minimum atomic E-state index is 0.474. The van der Waals surface area contributed by atoms with Crippen molar-refractivity contribution in [1.29, 1.82) is 0 Å². The van der Waals surface area contributed by atoms with E-state index in [2.05, 4.69) is 68.0 Å². The normalized spacial score (nSPS) is 15.8. The lowest BCUT2D eigenvalue weighted by Crippen LogP contribution is -2.49. The number of anilines is 1. The summed E-state index contributed by atoms with van der Waals surface area (Å²) in [5, 5.41) is 6.99. The van der Waals surface area contributed by atoms with Gasteiger partial charge in [-0.2, -0.15) is 0 Å². The molecule has 0 radical (unpaired) electrons. The number of hydrogen-bond acceptors (Lipinski definition) is 3. The van der Waals surface area contributed by atoms with Gasteiger partial charge in [0.1, 0.15) is 0 Å². The van der Waals surface area contributed by atoms with Crippen LogP contribution in [0.3, 0.4) is 0 Å². The van der Waals surface area contributed by atoms with Gasteiger partial charge in [-0.1, -0.05) is 24.3 Å². The Labute approximate surface area is 156 Å². The number of aliphatic imine (C=N–C) groups is 1. The Morgan fingerprint density at radius 2 is 1.92 bits per heavy atom. The maximum absolute atomic E-state index is 4.37. The summed E-state index contributed by atoms with van der Waals surface area (Å²) in [4.78, 5) is 11.2. The predicted octanol–water partition coefficient (Wildman–Crippen LogP) is 2.77. The molecule has 5 nitrogen and oxygen atoms in total. The van der Waals surface area contributed by atoms with Crippen molar-refractivity contribution in [2.75, 3.05) is 31.6 Å². The number of nitrogens with zero attached hydrogens (tertiary/aromatic N) is 3. The van der Waals surface area contributed by atoms with E-state index in [0.717, 1.165) is 50.6 Å². The molecule has 0 unspecified atom stereocenters. The second kappa shape index (κ2) is 9.22. The predicted molar refractivity (Wildman–Crippen MR) is 109 cm³/mol. The summed E-state index contributed by atoms with van der Waals surface area (Å²) >= 11 is 0. The monoisotopic (exact) mass is 351 g/mol. The van der Waals surface area contributed by atoms with Gasteiger partial charge in [-0.15, -0.1) is 0 Å². The number of aromatic nitrogens is 1. The van der Waals surface area contributed by atoms with Crippen LogP contribution in [0.1, 0.15) is 24.1 Å². The molecule has 26 heavy (non-hydrogen) atoms. The number of nitrogens with one attached hydrogen (secondary N) is 2. The lowest BCUT2D eigenvalue weighted by Gasteiger charge is -2.34. The zero-order valence-electron chi connectivity index (χ0n) is 15.8. The molecule has 1 aliphatic rings. The molecule has 1 aromatic carbocycles. The Kier molecular flexibility index (Phi) is 6.47. The topological polar surface area (TPSA) is 52.6 Å². The molecular weight excluding hydrogens is 322 g/mol. The fourth-order valence-electron chi connectivity index (χ4n) is 3.28. The molecule has 5 heteroatoms. The maximum atomic E-state index is 4.37. The van der Waals surface area contributed by atoms with Gasteiger partial charge < -0.3 is 15.5 Å². The van der Waals surface area contributed by atoms with Crippen LogP contribution >= 0.6 is 0 Å². The third-order valence-corrected chi connectivity index (χ3v) is 4.86. The number of benzene rings is 1. The summed E-state index contributed by atoms with van der Waals surface area (Å²) in [7, 11) is 1.84. The molecule has 0 saturated carbocycles. The van der Waals surface area contributed by atoms with E-state index in [-0.39, 0.29) is 0 Å². The average molecular weight is 351 g/mol. The first-order valence-electron chi connectivity index (χ1n) is 9.43.